The van der Waals surface area contributed by atoms with E-state index >= 15 is 0 Å². The molecule has 2 N–H and O–H groups in total. The summed E-state index contributed by atoms with van der Waals surface area (Å²) in [5, 5.41) is 2.68. The molecule has 3 aromatic heterocycles. The van der Waals surface area contributed by atoms with Crippen molar-refractivity contribution in [2.75, 3.05) is 11.9 Å². The molecule has 9 nitrogen and oxygen atoms in total. The number of amides is 1. The summed E-state index contributed by atoms with van der Waals surface area (Å²) in [5.74, 6) is -0.185. The number of hydrogen-bond donors (Lipinski definition) is 2. The van der Waals surface area contributed by atoms with E-state index in [0.29, 0.717) is 29.0 Å². The zero-order valence-electron chi connectivity index (χ0n) is 15.6. The molecular formula is C18H22N6O3. The van der Waals surface area contributed by atoms with Gasteiger partial charge in [-0.15, -0.1) is 0 Å². The molecule has 0 aromatic carbocycles. The SMILES string of the molecule is CCCCc1nc(NC(=O)c2cnc3c(c2)ncn3C)c(C(=O)OCC)[nH]1. The number of fused-ring (bicyclic) bond motifs is 1. The highest BCUT2D eigenvalue weighted by Gasteiger charge is 2.21. The van der Waals surface area contributed by atoms with Gasteiger partial charge in [-0.2, -0.15) is 0 Å². The number of H-pyrrole nitrogens is 1. The highest BCUT2D eigenvalue weighted by atomic mass is 16.5. The Hall–Kier alpha value is -3.23. The fourth-order valence-electron chi connectivity index (χ4n) is 2.65. The summed E-state index contributed by atoms with van der Waals surface area (Å²) in [5.41, 5.74) is 1.76. The first-order valence-corrected chi connectivity index (χ1v) is 8.87. The van der Waals surface area contributed by atoms with Crippen LogP contribution >= 0.6 is 0 Å². The van der Waals surface area contributed by atoms with E-state index in [1.54, 1.807) is 23.9 Å². The van der Waals surface area contributed by atoms with Crippen molar-refractivity contribution in [2.24, 2.45) is 7.05 Å². The molecule has 0 fully saturated rings. The third kappa shape index (κ3) is 3.97. The van der Waals surface area contributed by atoms with Crippen LogP contribution in [0.4, 0.5) is 5.82 Å². The van der Waals surface area contributed by atoms with Crippen LogP contribution in [0.1, 0.15) is 53.4 Å². The molecule has 0 aliphatic heterocycles. The predicted molar refractivity (Wildman–Crippen MR) is 99.6 cm³/mol. The number of anilines is 1. The molecule has 9 heteroatoms. The van der Waals surface area contributed by atoms with Gasteiger partial charge in [-0.1, -0.05) is 13.3 Å². The van der Waals surface area contributed by atoms with Gasteiger partial charge in [-0.25, -0.2) is 19.7 Å². The van der Waals surface area contributed by atoms with Crippen molar-refractivity contribution in [3.63, 3.8) is 0 Å². The monoisotopic (exact) mass is 370 g/mol. The van der Waals surface area contributed by atoms with E-state index in [1.165, 1.54) is 6.20 Å². The zero-order chi connectivity index (χ0) is 19.4. The van der Waals surface area contributed by atoms with Crippen molar-refractivity contribution >= 4 is 28.9 Å². The summed E-state index contributed by atoms with van der Waals surface area (Å²) < 4.78 is 6.81. The maximum absolute atomic E-state index is 12.6. The number of aryl methyl sites for hydroxylation is 2. The Bertz CT molecular complexity index is 975. The fraction of sp³-hybridized carbons (Fsp3) is 0.389. The highest BCUT2D eigenvalue weighted by Crippen LogP contribution is 2.18. The Kier molecular flexibility index (Phi) is 5.49. The normalized spacial score (nSPS) is 10.9. The second kappa shape index (κ2) is 7.98. The van der Waals surface area contributed by atoms with Gasteiger partial charge in [0.25, 0.3) is 5.91 Å². The standard InChI is InChI=1S/C18H22N6O3/c1-4-6-7-13-21-14(18(26)27-5-2)15(22-13)23-17(25)11-8-12-16(19-9-11)24(3)10-20-12/h8-10H,4-7H2,1-3H3,(H,21,22)(H,23,25). The number of ether oxygens (including phenoxy) is 1. The van der Waals surface area contributed by atoms with E-state index in [-0.39, 0.29) is 18.1 Å². The molecule has 142 valence electrons. The molecule has 0 radical (unpaired) electrons. The summed E-state index contributed by atoms with van der Waals surface area (Å²) in [6.45, 7) is 4.02. The van der Waals surface area contributed by atoms with Gasteiger partial charge in [0.15, 0.2) is 17.2 Å². The molecule has 0 bridgehead atoms. The molecule has 0 aliphatic rings. The molecule has 3 aromatic rings. The average Bonchev–Trinajstić information content (AvgIpc) is 3.23. The third-order valence-corrected chi connectivity index (χ3v) is 4.05. The van der Waals surface area contributed by atoms with Crippen LogP contribution in [-0.4, -0.2) is 43.0 Å². The minimum Gasteiger partial charge on any atom is -0.461 e. The Morgan fingerprint density at radius 3 is 2.85 bits per heavy atom. The van der Waals surface area contributed by atoms with Gasteiger partial charge in [0.05, 0.1) is 18.5 Å². The number of aromatic nitrogens is 5. The van der Waals surface area contributed by atoms with Crippen molar-refractivity contribution in [1.82, 2.24) is 24.5 Å². The topological polar surface area (TPSA) is 115 Å². The predicted octanol–water partition coefficient (Wildman–Crippen LogP) is 2.46. The van der Waals surface area contributed by atoms with Crippen LogP contribution in [0.3, 0.4) is 0 Å². The first kappa shape index (κ1) is 18.6. The molecule has 3 heterocycles. The van der Waals surface area contributed by atoms with Crippen LogP contribution in [0.5, 0.6) is 0 Å². The Balaban J connectivity index is 1.86. The fourth-order valence-corrected chi connectivity index (χ4v) is 2.65. The molecular weight excluding hydrogens is 348 g/mol. The quantitative estimate of drug-likeness (QED) is 0.617. The maximum Gasteiger partial charge on any atom is 0.358 e. The average molecular weight is 370 g/mol. The van der Waals surface area contributed by atoms with E-state index in [9.17, 15) is 9.59 Å². The lowest BCUT2D eigenvalue weighted by molar-refractivity contribution is 0.0521. The van der Waals surface area contributed by atoms with Crippen LogP contribution in [-0.2, 0) is 18.2 Å². The smallest absolute Gasteiger partial charge is 0.358 e. The zero-order valence-corrected chi connectivity index (χ0v) is 15.6. The van der Waals surface area contributed by atoms with E-state index in [4.69, 9.17) is 4.74 Å². The molecule has 3 rings (SSSR count). The number of unbranched alkanes of at least 4 members (excludes halogenated alkanes) is 1. The molecule has 0 aliphatic carbocycles. The van der Waals surface area contributed by atoms with Crippen molar-refractivity contribution in [3.8, 4) is 0 Å². The molecule has 0 saturated heterocycles. The van der Waals surface area contributed by atoms with Crippen molar-refractivity contribution in [2.45, 2.75) is 33.1 Å². The third-order valence-electron chi connectivity index (χ3n) is 4.05. The summed E-state index contributed by atoms with van der Waals surface area (Å²) in [6, 6.07) is 1.65. The minimum atomic E-state index is -0.554. The number of carbonyl (C=O) groups is 2. The lowest BCUT2D eigenvalue weighted by atomic mass is 10.2. The summed E-state index contributed by atoms with van der Waals surface area (Å²) in [4.78, 5) is 40.6. The second-order valence-electron chi connectivity index (χ2n) is 6.11. The molecule has 0 unspecified atom stereocenters. The molecule has 0 saturated carbocycles. The number of nitrogens with zero attached hydrogens (tertiary/aromatic N) is 4. The maximum atomic E-state index is 12.6. The van der Waals surface area contributed by atoms with Crippen LogP contribution in [0, 0.1) is 0 Å². The summed E-state index contributed by atoms with van der Waals surface area (Å²) >= 11 is 0. The van der Waals surface area contributed by atoms with Gasteiger partial charge in [0.2, 0.25) is 0 Å². The first-order chi connectivity index (χ1) is 13.0. The molecule has 27 heavy (non-hydrogen) atoms. The number of carbonyl (C=O) groups excluding carboxylic acids is 2. The Morgan fingerprint density at radius 2 is 2.11 bits per heavy atom. The van der Waals surface area contributed by atoms with E-state index in [1.807, 2.05) is 7.05 Å². The van der Waals surface area contributed by atoms with Gasteiger partial charge in [0, 0.05) is 19.7 Å². The number of rotatable bonds is 7. The van der Waals surface area contributed by atoms with Gasteiger partial charge in [-0.05, 0) is 19.4 Å². The molecule has 0 atom stereocenters. The van der Waals surface area contributed by atoms with Crippen LogP contribution < -0.4 is 5.32 Å². The molecule has 1 amide bonds. The van der Waals surface area contributed by atoms with Gasteiger partial charge < -0.3 is 19.6 Å². The van der Waals surface area contributed by atoms with Crippen molar-refractivity contribution in [3.05, 3.63) is 35.7 Å². The molecule has 0 spiro atoms. The van der Waals surface area contributed by atoms with Crippen LogP contribution in [0.25, 0.3) is 11.2 Å². The highest BCUT2D eigenvalue weighted by molar-refractivity contribution is 6.07. The Morgan fingerprint density at radius 1 is 1.30 bits per heavy atom. The van der Waals surface area contributed by atoms with Gasteiger partial charge in [0.1, 0.15) is 11.3 Å². The van der Waals surface area contributed by atoms with Gasteiger partial charge >= 0.3 is 5.97 Å². The van der Waals surface area contributed by atoms with E-state index < -0.39 is 11.9 Å². The number of imidazole rings is 2. The van der Waals surface area contributed by atoms with Crippen molar-refractivity contribution in [1.29, 1.82) is 0 Å². The largest absolute Gasteiger partial charge is 0.461 e. The number of hydrogen-bond acceptors (Lipinski definition) is 6. The minimum absolute atomic E-state index is 0.142. The van der Waals surface area contributed by atoms with E-state index in [2.05, 4.69) is 32.2 Å². The lowest BCUT2D eigenvalue weighted by Gasteiger charge is -2.05. The number of nitrogens with one attached hydrogen (secondary N) is 2. The Labute approximate surface area is 156 Å². The van der Waals surface area contributed by atoms with Crippen LogP contribution in [0.15, 0.2) is 18.6 Å². The van der Waals surface area contributed by atoms with Crippen LogP contribution in [0.2, 0.25) is 0 Å². The van der Waals surface area contributed by atoms with E-state index in [0.717, 1.165) is 12.8 Å². The van der Waals surface area contributed by atoms with Gasteiger partial charge in [-0.3, -0.25) is 4.79 Å². The summed E-state index contributed by atoms with van der Waals surface area (Å²) in [7, 11) is 1.83. The number of aromatic amines is 1. The number of pyridine rings is 1. The van der Waals surface area contributed by atoms with Crippen molar-refractivity contribution < 1.29 is 14.3 Å². The lowest BCUT2D eigenvalue weighted by Crippen LogP contribution is -2.16. The first-order valence-electron chi connectivity index (χ1n) is 8.87. The second-order valence-corrected chi connectivity index (χ2v) is 6.11. The number of esters is 1. The summed E-state index contributed by atoms with van der Waals surface area (Å²) in [6.07, 6.45) is 5.69.